The van der Waals surface area contributed by atoms with Crippen LogP contribution in [0, 0.1) is 5.41 Å². The van der Waals surface area contributed by atoms with Crippen molar-refractivity contribution >= 4 is 22.1 Å². The summed E-state index contributed by atoms with van der Waals surface area (Å²) in [6, 6.07) is 0. The van der Waals surface area contributed by atoms with E-state index in [0.29, 0.717) is 18.0 Å². The van der Waals surface area contributed by atoms with E-state index in [-0.39, 0.29) is 5.41 Å². The monoisotopic (exact) mass is 220 g/mol. The van der Waals surface area contributed by atoms with Crippen LogP contribution in [0.1, 0.15) is 12.8 Å². The largest absolute Gasteiger partial charge is 0.508 e. The quantitative estimate of drug-likeness (QED) is 0.461. The summed E-state index contributed by atoms with van der Waals surface area (Å²) < 4.78 is 9.60. The van der Waals surface area contributed by atoms with Gasteiger partial charge in [0.1, 0.15) is 13.2 Å². The molecule has 2 rings (SSSR count). The van der Waals surface area contributed by atoms with Gasteiger partial charge in [-0.3, -0.25) is 0 Å². The molecular formula is C7H9BrO3. The van der Waals surface area contributed by atoms with Crippen molar-refractivity contribution in [2.24, 2.45) is 5.41 Å². The molecule has 0 aromatic rings. The Kier molecular flexibility index (Phi) is 1.59. The van der Waals surface area contributed by atoms with E-state index < -0.39 is 6.16 Å². The average Bonchev–Trinajstić information content (AvgIpc) is 1.92. The predicted octanol–water partition coefficient (Wildman–Crippen LogP) is 1.70. The average molecular weight is 221 g/mol. The highest BCUT2D eigenvalue weighted by molar-refractivity contribution is 9.09. The van der Waals surface area contributed by atoms with Crippen LogP contribution in [0.25, 0.3) is 0 Å². The number of carbonyl (C=O) groups is 1. The molecule has 0 amide bonds. The maximum absolute atomic E-state index is 10.5. The molecular weight excluding hydrogens is 212 g/mol. The first-order valence-electron chi connectivity index (χ1n) is 3.64. The van der Waals surface area contributed by atoms with Crippen LogP contribution < -0.4 is 0 Å². The molecule has 0 aromatic heterocycles. The van der Waals surface area contributed by atoms with Crippen LogP contribution in [0.2, 0.25) is 0 Å². The lowest BCUT2D eigenvalue weighted by atomic mass is 9.69. The number of halogens is 1. The number of hydrogen-bond acceptors (Lipinski definition) is 3. The molecule has 1 saturated carbocycles. The second-order valence-corrected chi connectivity index (χ2v) is 4.63. The normalized spacial score (nSPS) is 29.0. The van der Waals surface area contributed by atoms with Crippen LogP contribution in [0.3, 0.4) is 0 Å². The SMILES string of the molecule is O=C1OCC2(CO1)CC(Br)C2. The Labute approximate surface area is 73.2 Å². The number of alkyl halides is 1. The fourth-order valence-electron chi connectivity index (χ4n) is 1.62. The van der Waals surface area contributed by atoms with Crippen LogP contribution in [-0.4, -0.2) is 24.2 Å². The van der Waals surface area contributed by atoms with E-state index in [2.05, 4.69) is 15.9 Å². The molecule has 1 saturated heterocycles. The molecule has 4 heteroatoms. The summed E-state index contributed by atoms with van der Waals surface area (Å²) in [5.41, 5.74) is 0.141. The minimum atomic E-state index is -0.520. The van der Waals surface area contributed by atoms with Gasteiger partial charge in [-0.05, 0) is 12.8 Å². The highest BCUT2D eigenvalue weighted by atomic mass is 79.9. The molecule has 2 aliphatic rings. The van der Waals surface area contributed by atoms with Gasteiger partial charge in [0, 0.05) is 10.2 Å². The van der Waals surface area contributed by atoms with Gasteiger partial charge >= 0.3 is 6.16 Å². The molecule has 0 bridgehead atoms. The summed E-state index contributed by atoms with van der Waals surface area (Å²) in [6.07, 6.45) is 1.59. The zero-order valence-electron chi connectivity index (χ0n) is 6.01. The maximum Gasteiger partial charge on any atom is 0.508 e. The molecule has 2 fully saturated rings. The van der Waals surface area contributed by atoms with Crippen molar-refractivity contribution < 1.29 is 14.3 Å². The van der Waals surface area contributed by atoms with E-state index in [1.54, 1.807) is 0 Å². The molecule has 1 aliphatic carbocycles. The van der Waals surface area contributed by atoms with E-state index in [4.69, 9.17) is 9.47 Å². The molecule has 0 N–H and O–H groups in total. The smallest absolute Gasteiger partial charge is 0.434 e. The lowest BCUT2D eigenvalue weighted by Gasteiger charge is -2.45. The molecule has 11 heavy (non-hydrogen) atoms. The van der Waals surface area contributed by atoms with Crippen LogP contribution in [0.15, 0.2) is 0 Å². The molecule has 0 aromatic carbocycles. The molecule has 0 unspecified atom stereocenters. The standard InChI is InChI=1S/C7H9BrO3/c8-5-1-7(2-5)3-10-6(9)11-4-7/h5H,1-4H2. The first-order chi connectivity index (χ1) is 5.20. The topological polar surface area (TPSA) is 35.5 Å². The fraction of sp³-hybridized carbons (Fsp3) is 0.857. The van der Waals surface area contributed by atoms with Gasteiger partial charge in [-0.2, -0.15) is 0 Å². The summed E-state index contributed by atoms with van der Waals surface area (Å²) in [7, 11) is 0. The van der Waals surface area contributed by atoms with Crippen molar-refractivity contribution in [3.63, 3.8) is 0 Å². The Hall–Kier alpha value is -0.250. The predicted molar refractivity (Wildman–Crippen MR) is 41.7 cm³/mol. The molecule has 1 heterocycles. The molecule has 0 atom stereocenters. The van der Waals surface area contributed by atoms with Crippen molar-refractivity contribution in [1.82, 2.24) is 0 Å². The Morgan fingerprint density at radius 2 is 1.91 bits per heavy atom. The summed E-state index contributed by atoms with van der Waals surface area (Å²) in [5.74, 6) is 0. The van der Waals surface area contributed by atoms with Crippen molar-refractivity contribution in [3.8, 4) is 0 Å². The minimum absolute atomic E-state index is 0.141. The molecule has 1 spiro atoms. The number of cyclic esters (lactones) is 2. The van der Waals surface area contributed by atoms with Gasteiger partial charge in [0.25, 0.3) is 0 Å². The second kappa shape index (κ2) is 2.37. The van der Waals surface area contributed by atoms with E-state index in [9.17, 15) is 4.79 Å². The highest BCUT2D eigenvalue weighted by Crippen LogP contribution is 2.46. The van der Waals surface area contributed by atoms with Crippen LogP contribution in [0.5, 0.6) is 0 Å². The lowest BCUT2D eigenvalue weighted by Crippen LogP contribution is -2.49. The Morgan fingerprint density at radius 1 is 1.36 bits per heavy atom. The van der Waals surface area contributed by atoms with Gasteiger partial charge < -0.3 is 9.47 Å². The molecule has 0 radical (unpaired) electrons. The third-order valence-electron chi connectivity index (χ3n) is 2.30. The van der Waals surface area contributed by atoms with E-state index >= 15 is 0 Å². The van der Waals surface area contributed by atoms with Crippen molar-refractivity contribution in [2.75, 3.05) is 13.2 Å². The highest BCUT2D eigenvalue weighted by Gasteiger charge is 2.47. The van der Waals surface area contributed by atoms with Crippen LogP contribution in [0.4, 0.5) is 4.79 Å². The molecule has 1 aliphatic heterocycles. The zero-order valence-corrected chi connectivity index (χ0v) is 7.59. The second-order valence-electron chi connectivity index (χ2n) is 3.33. The zero-order chi connectivity index (χ0) is 7.90. The van der Waals surface area contributed by atoms with Crippen molar-refractivity contribution in [1.29, 1.82) is 0 Å². The van der Waals surface area contributed by atoms with E-state index in [1.807, 2.05) is 0 Å². The molecule has 3 nitrogen and oxygen atoms in total. The van der Waals surface area contributed by atoms with Gasteiger partial charge in [0.2, 0.25) is 0 Å². The summed E-state index contributed by atoms with van der Waals surface area (Å²) in [5, 5.41) is 0. The van der Waals surface area contributed by atoms with Gasteiger partial charge in [-0.25, -0.2) is 4.79 Å². The number of carbonyl (C=O) groups excluding carboxylic acids is 1. The summed E-state index contributed by atoms with van der Waals surface area (Å²) in [6.45, 7) is 1.07. The van der Waals surface area contributed by atoms with Crippen molar-refractivity contribution in [2.45, 2.75) is 17.7 Å². The van der Waals surface area contributed by atoms with Gasteiger partial charge in [-0.1, -0.05) is 15.9 Å². The number of rotatable bonds is 0. The summed E-state index contributed by atoms with van der Waals surface area (Å²) >= 11 is 3.49. The first kappa shape index (κ1) is 7.40. The number of ether oxygens (including phenoxy) is 2. The Bertz CT molecular complexity index is 174. The van der Waals surface area contributed by atoms with E-state index in [1.165, 1.54) is 0 Å². The third kappa shape index (κ3) is 1.24. The van der Waals surface area contributed by atoms with Crippen LogP contribution in [-0.2, 0) is 9.47 Å². The fourth-order valence-corrected chi connectivity index (χ4v) is 3.00. The maximum atomic E-state index is 10.5. The first-order valence-corrected chi connectivity index (χ1v) is 4.55. The lowest BCUT2D eigenvalue weighted by molar-refractivity contribution is -0.0902. The summed E-state index contributed by atoms with van der Waals surface area (Å²) in [4.78, 5) is 11.1. The number of hydrogen-bond donors (Lipinski definition) is 0. The Balaban J connectivity index is 1.93. The van der Waals surface area contributed by atoms with Crippen molar-refractivity contribution in [3.05, 3.63) is 0 Å². The van der Waals surface area contributed by atoms with Crippen LogP contribution >= 0.6 is 15.9 Å². The third-order valence-corrected chi connectivity index (χ3v) is 2.95. The Morgan fingerprint density at radius 3 is 2.36 bits per heavy atom. The van der Waals surface area contributed by atoms with E-state index in [0.717, 1.165) is 12.8 Å². The molecule has 62 valence electrons. The minimum Gasteiger partial charge on any atom is -0.434 e. The van der Waals surface area contributed by atoms with Gasteiger partial charge in [0.15, 0.2) is 0 Å². The van der Waals surface area contributed by atoms with Gasteiger partial charge in [0.05, 0.1) is 0 Å². The van der Waals surface area contributed by atoms with Gasteiger partial charge in [-0.15, -0.1) is 0 Å².